The number of rotatable bonds is 9. The quantitative estimate of drug-likeness (QED) is 0.520. The molecule has 0 spiro atoms. The second kappa shape index (κ2) is 8.19. The van der Waals surface area contributed by atoms with Gasteiger partial charge in [0, 0.05) is 29.3 Å². The molecule has 2 heterocycles. The summed E-state index contributed by atoms with van der Waals surface area (Å²) in [5, 5.41) is 13.0. The number of carbonyl (C=O) groups is 1. The van der Waals surface area contributed by atoms with Crippen molar-refractivity contribution in [3.8, 4) is 5.75 Å². The normalized spacial score (nSPS) is 10.7. The van der Waals surface area contributed by atoms with Crippen LogP contribution < -0.4 is 10.1 Å². The van der Waals surface area contributed by atoms with Gasteiger partial charge in [-0.1, -0.05) is 6.07 Å². The van der Waals surface area contributed by atoms with E-state index >= 15 is 0 Å². The number of hydrogen-bond acceptors (Lipinski definition) is 4. The molecular formula is C19H21N3O3. The van der Waals surface area contributed by atoms with E-state index < -0.39 is 5.97 Å². The molecule has 0 aliphatic carbocycles. The standard InChI is InChI=1S/C19H21N3O3/c23-19(24)8-5-15-12-14-13-16(6-7-17(14)22-15)25-11-3-10-21-18-4-1-2-9-20-18/h1-2,4,6-7,9,12-13,22H,3,5,8,10-11H2,(H,20,21)(H,23,24). The van der Waals surface area contributed by atoms with Crippen LogP contribution in [0.3, 0.4) is 0 Å². The highest BCUT2D eigenvalue weighted by molar-refractivity contribution is 5.82. The number of nitrogens with one attached hydrogen (secondary N) is 2. The average molecular weight is 339 g/mol. The first-order valence-electron chi connectivity index (χ1n) is 8.32. The number of H-pyrrole nitrogens is 1. The molecule has 6 heteroatoms. The van der Waals surface area contributed by atoms with Crippen LogP contribution in [-0.2, 0) is 11.2 Å². The van der Waals surface area contributed by atoms with Gasteiger partial charge in [-0.05, 0) is 49.2 Å². The molecule has 25 heavy (non-hydrogen) atoms. The molecule has 6 nitrogen and oxygen atoms in total. The first-order chi connectivity index (χ1) is 12.2. The Morgan fingerprint density at radius 2 is 2.16 bits per heavy atom. The molecule has 0 fully saturated rings. The zero-order chi connectivity index (χ0) is 17.5. The zero-order valence-electron chi connectivity index (χ0n) is 13.9. The van der Waals surface area contributed by atoms with E-state index in [-0.39, 0.29) is 6.42 Å². The molecule has 3 aromatic rings. The summed E-state index contributed by atoms with van der Waals surface area (Å²) >= 11 is 0. The summed E-state index contributed by atoms with van der Waals surface area (Å²) in [6.45, 7) is 1.41. The molecule has 0 aliphatic rings. The molecular weight excluding hydrogens is 318 g/mol. The third-order valence-corrected chi connectivity index (χ3v) is 3.82. The van der Waals surface area contributed by atoms with Gasteiger partial charge in [0.2, 0.25) is 0 Å². The number of aliphatic carboxylic acids is 1. The Kier molecular flexibility index (Phi) is 5.51. The van der Waals surface area contributed by atoms with E-state index in [1.165, 1.54) is 0 Å². The topological polar surface area (TPSA) is 87.2 Å². The van der Waals surface area contributed by atoms with Crippen LogP contribution in [0.4, 0.5) is 5.82 Å². The van der Waals surface area contributed by atoms with Gasteiger partial charge in [-0.2, -0.15) is 0 Å². The maximum absolute atomic E-state index is 10.7. The Morgan fingerprint density at radius 3 is 2.96 bits per heavy atom. The van der Waals surface area contributed by atoms with Crippen LogP contribution in [0.5, 0.6) is 5.75 Å². The summed E-state index contributed by atoms with van der Waals surface area (Å²) in [4.78, 5) is 18.1. The monoisotopic (exact) mass is 339 g/mol. The summed E-state index contributed by atoms with van der Waals surface area (Å²) in [6, 6.07) is 13.6. The number of nitrogens with zero attached hydrogens (tertiary/aromatic N) is 1. The minimum absolute atomic E-state index is 0.124. The first-order valence-corrected chi connectivity index (χ1v) is 8.32. The fourth-order valence-electron chi connectivity index (χ4n) is 2.58. The van der Waals surface area contributed by atoms with Crippen LogP contribution in [0.25, 0.3) is 10.9 Å². The number of ether oxygens (including phenoxy) is 1. The summed E-state index contributed by atoms with van der Waals surface area (Å²) in [5.41, 5.74) is 1.92. The van der Waals surface area contributed by atoms with E-state index in [0.29, 0.717) is 13.0 Å². The molecule has 2 aromatic heterocycles. The number of carboxylic acids is 1. The van der Waals surface area contributed by atoms with Gasteiger partial charge in [-0.15, -0.1) is 0 Å². The Morgan fingerprint density at radius 1 is 1.24 bits per heavy atom. The van der Waals surface area contributed by atoms with E-state index in [4.69, 9.17) is 9.84 Å². The van der Waals surface area contributed by atoms with Crippen LogP contribution in [0.1, 0.15) is 18.5 Å². The zero-order valence-corrected chi connectivity index (χ0v) is 13.9. The average Bonchev–Trinajstić information content (AvgIpc) is 3.03. The lowest BCUT2D eigenvalue weighted by molar-refractivity contribution is -0.136. The van der Waals surface area contributed by atoms with Crippen molar-refractivity contribution in [3.63, 3.8) is 0 Å². The lowest BCUT2D eigenvalue weighted by Gasteiger charge is -2.07. The highest BCUT2D eigenvalue weighted by Crippen LogP contribution is 2.22. The highest BCUT2D eigenvalue weighted by Gasteiger charge is 2.05. The molecule has 130 valence electrons. The van der Waals surface area contributed by atoms with Crippen LogP contribution >= 0.6 is 0 Å². The van der Waals surface area contributed by atoms with Gasteiger partial charge in [-0.25, -0.2) is 4.98 Å². The number of aromatic nitrogens is 2. The number of benzene rings is 1. The fourth-order valence-corrected chi connectivity index (χ4v) is 2.58. The van der Waals surface area contributed by atoms with Crippen LogP contribution in [0.15, 0.2) is 48.7 Å². The molecule has 0 amide bonds. The minimum atomic E-state index is -0.790. The molecule has 0 atom stereocenters. The maximum atomic E-state index is 10.7. The van der Waals surface area contributed by atoms with Crippen molar-refractivity contribution < 1.29 is 14.6 Å². The van der Waals surface area contributed by atoms with Gasteiger partial charge in [0.25, 0.3) is 0 Å². The van der Waals surface area contributed by atoms with Crippen molar-refractivity contribution in [2.45, 2.75) is 19.3 Å². The number of pyridine rings is 1. The lowest BCUT2D eigenvalue weighted by Crippen LogP contribution is -2.07. The summed E-state index contributed by atoms with van der Waals surface area (Å²) in [5.74, 6) is 0.890. The Hall–Kier alpha value is -3.02. The summed E-state index contributed by atoms with van der Waals surface area (Å²) in [7, 11) is 0. The molecule has 3 N–H and O–H groups in total. The predicted octanol–water partition coefficient (Wildman–Crippen LogP) is 3.46. The van der Waals surface area contributed by atoms with E-state index in [9.17, 15) is 4.79 Å². The van der Waals surface area contributed by atoms with Crippen molar-refractivity contribution in [2.75, 3.05) is 18.5 Å². The van der Waals surface area contributed by atoms with E-state index in [1.54, 1.807) is 6.20 Å². The van der Waals surface area contributed by atoms with E-state index in [2.05, 4.69) is 15.3 Å². The number of fused-ring (bicyclic) bond motifs is 1. The van der Waals surface area contributed by atoms with E-state index in [0.717, 1.165) is 41.1 Å². The molecule has 3 rings (SSSR count). The number of carboxylic acid groups (broad SMARTS) is 1. The minimum Gasteiger partial charge on any atom is -0.494 e. The SMILES string of the molecule is O=C(O)CCc1cc2cc(OCCCNc3ccccn3)ccc2[nH]1. The first kappa shape index (κ1) is 16.8. The number of hydrogen-bond donors (Lipinski definition) is 3. The third kappa shape index (κ3) is 4.97. The molecule has 0 saturated heterocycles. The lowest BCUT2D eigenvalue weighted by atomic mass is 10.2. The van der Waals surface area contributed by atoms with Crippen molar-refractivity contribution in [1.82, 2.24) is 9.97 Å². The Labute approximate surface area is 145 Å². The van der Waals surface area contributed by atoms with Crippen molar-refractivity contribution in [2.24, 2.45) is 0 Å². The van der Waals surface area contributed by atoms with Gasteiger partial charge in [0.15, 0.2) is 0 Å². The summed E-state index contributed by atoms with van der Waals surface area (Å²) < 4.78 is 5.79. The van der Waals surface area contributed by atoms with Gasteiger partial charge < -0.3 is 20.1 Å². The molecule has 1 aromatic carbocycles. The number of aromatic amines is 1. The number of anilines is 1. The molecule has 0 saturated carbocycles. The van der Waals surface area contributed by atoms with E-state index in [1.807, 2.05) is 42.5 Å². The van der Waals surface area contributed by atoms with Crippen molar-refractivity contribution in [3.05, 3.63) is 54.4 Å². The molecule has 0 aliphatic heterocycles. The van der Waals surface area contributed by atoms with Gasteiger partial charge >= 0.3 is 5.97 Å². The third-order valence-electron chi connectivity index (χ3n) is 3.82. The number of aryl methyl sites for hydroxylation is 1. The van der Waals surface area contributed by atoms with Crippen molar-refractivity contribution in [1.29, 1.82) is 0 Å². The highest BCUT2D eigenvalue weighted by atomic mass is 16.5. The fraction of sp³-hybridized carbons (Fsp3) is 0.263. The maximum Gasteiger partial charge on any atom is 0.303 e. The molecule has 0 bridgehead atoms. The van der Waals surface area contributed by atoms with Crippen LogP contribution in [-0.4, -0.2) is 34.2 Å². The van der Waals surface area contributed by atoms with Crippen molar-refractivity contribution >= 4 is 22.7 Å². The predicted molar refractivity (Wildman–Crippen MR) is 97.1 cm³/mol. The smallest absolute Gasteiger partial charge is 0.303 e. The van der Waals surface area contributed by atoms with Gasteiger partial charge in [-0.3, -0.25) is 4.79 Å². The Balaban J connectivity index is 1.47. The van der Waals surface area contributed by atoms with Crippen LogP contribution in [0, 0.1) is 0 Å². The van der Waals surface area contributed by atoms with Gasteiger partial charge in [0.1, 0.15) is 11.6 Å². The largest absolute Gasteiger partial charge is 0.494 e. The Bertz CT molecular complexity index is 830. The molecule has 0 radical (unpaired) electrons. The second-order valence-corrected chi connectivity index (χ2v) is 5.78. The van der Waals surface area contributed by atoms with Crippen LogP contribution in [0.2, 0.25) is 0 Å². The molecule has 0 unspecified atom stereocenters. The second-order valence-electron chi connectivity index (χ2n) is 5.78. The van der Waals surface area contributed by atoms with Gasteiger partial charge in [0.05, 0.1) is 13.0 Å². The summed E-state index contributed by atoms with van der Waals surface area (Å²) in [6.07, 6.45) is 3.25.